The second kappa shape index (κ2) is 45.4. The predicted octanol–water partition coefficient (Wildman–Crippen LogP) is 20.8. The fourth-order valence-corrected chi connectivity index (χ4v) is 11.5. The van der Waals surface area contributed by atoms with Gasteiger partial charge in [-0.1, -0.05) is 363 Å². The van der Waals surface area contributed by atoms with E-state index in [1.54, 1.807) is 0 Å². The van der Waals surface area contributed by atoms with Crippen LogP contribution in [0.4, 0.5) is 0 Å². The number of hydrogen-bond acceptors (Lipinski definition) is 6. The lowest BCUT2D eigenvalue weighted by atomic mass is 9.80. The van der Waals surface area contributed by atoms with Gasteiger partial charge in [-0.3, -0.25) is 0 Å². The van der Waals surface area contributed by atoms with Crippen molar-refractivity contribution in [3.63, 3.8) is 0 Å². The Balaban J connectivity index is 0.000000316. The molecule has 6 nitrogen and oxygen atoms in total. The summed E-state index contributed by atoms with van der Waals surface area (Å²) in [5, 5.41) is 10.8. The fraction of sp³-hybridized carbons (Fsp3) is 0.538. The lowest BCUT2D eigenvalue weighted by Gasteiger charge is -2.37. The quantitative estimate of drug-likeness (QED) is 0.0303. The minimum absolute atomic E-state index is 0.127. The first kappa shape index (κ1) is 69.8. The van der Waals surface area contributed by atoms with Crippen LogP contribution in [-0.2, 0) is 34.9 Å². The zero-order chi connectivity index (χ0) is 59.1. The zero-order valence-electron chi connectivity index (χ0n) is 52.7. The number of ether oxygens (including phenoxy) is 5. The van der Waals surface area contributed by atoms with Crippen LogP contribution in [-0.4, -0.2) is 63.6 Å². The van der Waals surface area contributed by atoms with E-state index in [4.69, 9.17) is 23.7 Å². The van der Waals surface area contributed by atoms with Gasteiger partial charge in [0, 0.05) is 19.8 Å². The van der Waals surface area contributed by atoms with Crippen molar-refractivity contribution in [2.24, 2.45) is 0 Å². The standard InChI is InChI=1S/C44H66O3.C34H46O3/c1-3-5-7-9-11-13-14-15-17-28-36-45-38-43(46-37-29-18-16-12-10-8-6-4-2)39-47-44(40-30-22-19-23-31-40,41-32-24-20-25-33-41)42-34-26-21-27-35-42;1-2-3-4-5-6-7-8-9-10-20-27-36-28-33(35)29-37-34(30-21-14-11-15-22-30,31-23-16-12-17-24-31)32-25-18-13-19-26-32/h19-27,30-35,43H,3-18,28-29,36-39H2,1-2H3;11-19,21-26,33,35H,2-10,20,27-29H2,1H3. The van der Waals surface area contributed by atoms with Gasteiger partial charge in [-0.05, 0) is 52.6 Å². The Bertz CT molecular complexity index is 2190. The molecule has 0 heterocycles. The molecule has 2 unspecified atom stereocenters. The maximum Gasteiger partial charge on any atom is 0.143 e. The second-order valence-electron chi connectivity index (χ2n) is 23.3. The molecule has 1 N–H and O–H groups in total. The summed E-state index contributed by atoms with van der Waals surface area (Å²) in [5.41, 5.74) is 4.88. The van der Waals surface area contributed by atoms with E-state index in [-0.39, 0.29) is 19.3 Å². The maximum absolute atomic E-state index is 10.8. The molecular formula is C78H112O6. The molecule has 6 rings (SSSR count). The molecule has 0 amide bonds. The third-order valence-corrected chi connectivity index (χ3v) is 16.3. The van der Waals surface area contributed by atoms with Crippen molar-refractivity contribution in [3.05, 3.63) is 215 Å². The smallest absolute Gasteiger partial charge is 0.143 e. The van der Waals surface area contributed by atoms with E-state index in [2.05, 4.69) is 148 Å². The van der Waals surface area contributed by atoms with Crippen molar-refractivity contribution in [1.29, 1.82) is 0 Å². The van der Waals surface area contributed by atoms with E-state index in [1.165, 1.54) is 161 Å². The van der Waals surface area contributed by atoms with E-state index >= 15 is 0 Å². The van der Waals surface area contributed by atoms with Crippen LogP contribution in [0.25, 0.3) is 0 Å². The van der Waals surface area contributed by atoms with Crippen molar-refractivity contribution in [3.8, 4) is 0 Å². The third kappa shape index (κ3) is 26.4. The van der Waals surface area contributed by atoms with Gasteiger partial charge in [0.2, 0.25) is 0 Å². The lowest BCUT2D eigenvalue weighted by molar-refractivity contribution is -0.0923. The number of unbranched alkanes of at least 4 members (excludes halogenated alkanes) is 25. The largest absolute Gasteiger partial charge is 0.388 e. The van der Waals surface area contributed by atoms with E-state index in [9.17, 15) is 5.11 Å². The van der Waals surface area contributed by atoms with Crippen molar-refractivity contribution >= 4 is 0 Å². The van der Waals surface area contributed by atoms with Crippen LogP contribution < -0.4 is 0 Å². The molecule has 0 aromatic heterocycles. The van der Waals surface area contributed by atoms with E-state index in [0.717, 1.165) is 65.9 Å². The number of benzene rings is 6. The summed E-state index contributed by atoms with van der Waals surface area (Å²) in [7, 11) is 0. The van der Waals surface area contributed by atoms with Gasteiger partial charge in [0.05, 0.1) is 26.4 Å². The Kier molecular flexibility index (Phi) is 37.8. The first-order valence-corrected chi connectivity index (χ1v) is 33.6. The van der Waals surface area contributed by atoms with Gasteiger partial charge >= 0.3 is 0 Å². The Morgan fingerprint density at radius 1 is 0.274 bits per heavy atom. The van der Waals surface area contributed by atoms with E-state index in [0.29, 0.717) is 19.8 Å². The molecule has 6 aromatic rings. The van der Waals surface area contributed by atoms with Gasteiger partial charge in [0.1, 0.15) is 23.4 Å². The minimum Gasteiger partial charge on any atom is -0.388 e. The second-order valence-corrected chi connectivity index (χ2v) is 23.3. The summed E-state index contributed by atoms with van der Waals surface area (Å²) >= 11 is 0. The molecular weight excluding hydrogens is 1030 g/mol. The highest BCUT2D eigenvalue weighted by Gasteiger charge is 2.39. The summed E-state index contributed by atoms with van der Waals surface area (Å²) < 4.78 is 32.5. The Morgan fingerprint density at radius 3 is 0.798 bits per heavy atom. The van der Waals surface area contributed by atoms with Crippen molar-refractivity contribution in [2.45, 2.75) is 224 Å². The molecule has 0 saturated heterocycles. The number of aliphatic hydroxyl groups excluding tert-OH is 1. The molecule has 84 heavy (non-hydrogen) atoms. The summed E-state index contributed by atoms with van der Waals surface area (Å²) in [5.74, 6) is 0. The molecule has 6 heteroatoms. The average molecular weight is 1150 g/mol. The molecule has 0 saturated carbocycles. The van der Waals surface area contributed by atoms with Crippen LogP contribution >= 0.6 is 0 Å². The van der Waals surface area contributed by atoms with Gasteiger partial charge in [-0.15, -0.1) is 0 Å². The Hall–Kier alpha value is -4.92. The molecule has 2 atom stereocenters. The van der Waals surface area contributed by atoms with Crippen LogP contribution in [0.5, 0.6) is 0 Å². The Labute approximate surface area is 511 Å². The summed E-state index contributed by atoms with van der Waals surface area (Å²) in [6.07, 6.45) is 35.9. The highest BCUT2D eigenvalue weighted by atomic mass is 16.6. The topological polar surface area (TPSA) is 66.4 Å². The first-order valence-electron chi connectivity index (χ1n) is 33.6. The third-order valence-electron chi connectivity index (χ3n) is 16.3. The van der Waals surface area contributed by atoms with Gasteiger partial charge in [-0.2, -0.15) is 0 Å². The van der Waals surface area contributed by atoms with Crippen LogP contribution in [0, 0.1) is 0 Å². The molecule has 0 fully saturated rings. The van der Waals surface area contributed by atoms with Gasteiger partial charge in [0.15, 0.2) is 0 Å². The zero-order valence-corrected chi connectivity index (χ0v) is 52.7. The average Bonchev–Trinajstić information content (AvgIpc) is 1.70. The summed E-state index contributed by atoms with van der Waals surface area (Å²) in [6, 6.07) is 62.7. The molecule has 0 aliphatic rings. The normalized spacial score (nSPS) is 12.4. The van der Waals surface area contributed by atoms with E-state index < -0.39 is 17.3 Å². The van der Waals surface area contributed by atoms with Crippen LogP contribution in [0.3, 0.4) is 0 Å². The Morgan fingerprint density at radius 2 is 0.512 bits per heavy atom. The predicted molar refractivity (Wildman–Crippen MR) is 354 cm³/mol. The lowest BCUT2D eigenvalue weighted by Crippen LogP contribution is -2.37. The summed E-state index contributed by atoms with van der Waals surface area (Å²) in [4.78, 5) is 0. The molecule has 460 valence electrons. The molecule has 0 bridgehead atoms. The minimum atomic E-state index is -0.818. The first-order chi connectivity index (χ1) is 41.6. The van der Waals surface area contributed by atoms with Crippen molar-refractivity contribution < 1.29 is 28.8 Å². The van der Waals surface area contributed by atoms with Crippen molar-refractivity contribution in [1.82, 2.24) is 0 Å². The molecule has 0 radical (unpaired) electrons. The molecule has 0 aliphatic carbocycles. The molecule has 6 aromatic carbocycles. The van der Waals surface area contributed by atoms with Gasteiger partial charge in [0.25, 0.3) is 0 Å². The van der Waals surface area contributed by atoms with E-state index in [1.807, 2.05) is 54.6 Å². The van der Waals surface area contributed by atoms with Crippen molar-refractivity contribution in [2.75, 3.05) is 46.2 Å². The number of hydrogen-bond donors (Lipinski definition) is 1. The van der Waals surface area contributed by atoms with Gasteiger partial charge in [-0.25, -0.2) is 0 Å². The monoisotopic (exact) mass is 1140 g/mol. The van der Waals surface area contributed by atoms with Crippen LogP contribution in [0.1, 0.15) is 234 Å². The highest BCUT2D eigenvalue weighted by Crippen LogP contribution is 2.42. The SMILES string of the molecule is CCCCCCCCCCCCOCC(COC(c1ccccc1)(c1ccccc1)c1ccccc1)OCCCCCCCCCC.CCCCCCCCCCCCOCC(O)COC(c1ccccc1)(c1ccccc1)c1ccccc1. The maximum atomic E-state index is 10.8. The number of rotatable bonds is 48. The van der Waals surface area contributed by atoms with Gasteiger partial charge < -0.3 is 28.8 Å². The van der Waals surface area contributed by atoms with Crippen LogP contribution in [0.15, 0.2) is 182 Å². The van der Waals surface area contributed by atoms with Crippen LogP contribution in [0.2, 0.25) is 0 Å². The fourth-order valence-electron chi connectivity index (χ4n) is 11.5. The summed E-state index contributed by atoms with van der Waals surface area (Å²) in [6.45, 7) is 10.5. The molecule has 0 spiro atoms. The number of aliphatic hydroxyl groups is 1. The molecule has 0 aliphatic heterocycles. The highest BCUT2D eigenvalue weighted by molar-refractivity contribution is 5.49.